The van der Waals surface area contributed by atoms with Crippen molar-refractivity contribution in [2.24, 2.45) is 29.1 Å². The second kappa shape index (κ2) is 11.6. The number of rotatable bonds is 1. The normalized spacial score (nSPS) is 33.6. The molecule has 0 spiro atoms. The number of halogens is 3. The smallest absolute Gasteiger partial charge is 0.408 e. The van der Waals surface area contributed by atoms with Crippen molar-refractivity contribution in [3.8, 4) is 5.88 Å². The van der Waals surface area contributed by atoms with Gasteiger partial charge in [-0.2, -0.15) is 8.78 Å². The van der Waals surface area contributed by atoms with Gasteiger partial charge in [-0.3, -0.25) is 9.59 Å². The van der Waals surface area contributed by atoms with Crippen molar-refractivity contribution >= 4 is 40.4 Å². The Balaban J connectivity index is 1.41. The average Bonchev–Trinajstić information content (AvgIpc) is 3.51. The first-order valence-electron chi connectivity index (χ1n) is 15.9. The number of fused-ring (bicyclic) bond motifs is 7. The van der Waals surface area contributed by atoms with E-state index in [-0.39, 0.29) is 42.2 Å². The molecular formula is C33H41ClF2N4O5. The fourth-order valence-corrected chi connectivity index (χ4v) is 7.86. The predicted octanol–water partition coefficient (Wildman–Crippen LogP) is 6.30. The standard InChI is InChI=1S/C33H41ClF2N4O5/c1-16-25-15-40(26(16)17(2)41)30(42)28(32(3,4)5)39-31(43)45-24-13-18-12-21(18)20(24)8-6-7-11-33(35,36)27-29(44-25)38-23-14-19(34)9-10-22(23)37-27/h9-10,14,16,18,20-21,24-26,28H,6-8,11-13,15H2,1-5H3,(H,39,43)/t16-,18?,20-,21?,24-,25+,26+,28-/m1/s1. The Kier molecular flexibility index (Phi) is 8.23. The Morgan fingerprint density at radius 1 is 1.07 bits per heavy atom. The maximum Gasteiger partial charge on any atom is 0.408 e. The summed E-state index contributed by atoms with van der Waals surface area (Å²) in [5, 5.41) is 3.19. The van der Waals surface area contributed by atoms with Gasteiger partial charge in [0.1, 0.15) is 18.2 Å². The number of alkyl halides is 2. The summed E-state index contributed by atoms with van der Waals surface area (Å²) in [6, 6.07) is 2.75. The summed E-state index contributed by atoms with van der Waals surface area (Å²) in [5.41, 5.74) is -0.742. The van der Waals surface area contributed by atoms with E-state index in [4.69, 9.17) is 21.1 Å². The van der Waals surface area contributed by atoms with Crippen LogP contribution >= 0.6 is 11.6 Å². The zero-order chi connectivity index (χ0) is 32.4. The molecule has 2 saturated carbocycles. The van der Waals surface area contributed by atoms with Gasteiger partial charge in [0.25, 0.3) is 5.92 Å². The lowest BCUT2D eigenvalue weighted by Crippen LogP contribution is -2.57. The zero-order valence-electron chi connectivity index (χ0n) is 26.3. The number of hydrogen-bond donors (Lipinski definition) is 1. The van der Waals surface area contributed by atoms with Crippen molar-refractivity contribution in [2.45, 2.75) is 103 Å². The van der Waals surface area contributed by atoms with Crippen LogP contribution in [0.5, 0.6) is 5.88 Å². The first-order chi connectivity index (χ1) is 21.1. The fraction of sp³-hybridized carbons (Fsp3) is 0.667. The summed E-state index contributed by atoms with van der Waals surface area (Å²) in [7, 11) is 0. The molecular weight excluding hydrogens is 606 g/mol. The summed E-state index contributed by atoms with van der Waals surface area (Å²) in [6.07, 6.45) is 0.917. The van der Waals surface area contributed by atoms with E-state index < -0.39 is 59.6 Å². The fourth-order valence-electron chi connectivity index (χ4n) is 7.70. The number of nitrogens with zero attached hydrogens (tertiary/aromatic N) is 3. The number of aromatic nitrogens is 2. The molecule has 1 N–H and O–H groups in total. The van der Waals surface area contributed by atoms with Gasteiger partial charge >= 0.3 is 6.09 Å². The van der Waals surface area contributed by atoms with Crippen LogP contribution in [0.1, 0.15) is 78.8 Å². The minimum Gasteiger partial charge on any atom is -0.471 e. The molecule has 45 heavy (non-hydrogen) atoms. The second-order valence-electron chi connectivity index (χ2n) is 14.5. The van der Waals surface area contributed by atoms with Crippen molar-refractivity contribution in [1.82, 2.24) is 20.2 Å². The van der Waals surface area contributed by atoms with Gasteiger partial charge in [-0.1, -0.05) is 45.7 Å². The van der Waals surface area contributed by atoms with E-state index in [9.17, 15) is 14.4 Å². The van der Waals surface area contributed by atoms with Crippen molar-refractivity contribution in [2.75, 3.05) is 6.54 Å². The Morgan fingerprint density at radius 2 is 1.82 bits per heavy atom. The molecule has 12 heteroatoms. The van der Waals surface area contributed by atoms with E-state index in [2.05, 4.69) is 15.3 Å². The average molecular weight is 647 g/mol. The largest absolute Gasteiger partial charge is 0.471 e. The van der Waals surface area contributed by atoms with Gasteiger partial charge in [0, 0.05) is 17.4 Å². The quantitative estimate of drug-likeness (QED) is 0.387. The third-order valence-corrected chi connectivity index (χ3v) is 10.4. The van der Waals surface area contributed by atoms with Crippen molar-refractivity contribution in [3.05, 3.63) is 28.9 Å². The monoisotopic (exact) mass is 646 g/mol. The number of hydrogen-bond acceptors (Lipinski definition) is 7. The third kappa shape index (κ3) is 6.21. The lowest BCUT2D eigenvalue weighted by atomic mass is 9.85. The molecule has 2 bridgehead atoms. The van der Waals surface area contributed by atoms with Crippen LogP contribution in [0, 0.1) is 29.1 Å². The maximum atomic E-state index is 16.0. The molecule has 6 rings (SSSR count). The minimum atomic E-state index is -3.36. The van der Waals surface area contributed by atoms with Crippen LogP contribution in [-0.2, 0) is 20.2 Å². The maximum absolute atomic E-state index is 16.0. The highest BCUT2D eigenvalue weighted by Crippen LogP contribution is 2.58. The van der Waals surface area contributed by atoms with Crippen LogP contribution in [0.25, 0.3) is 11.0 Å². The second-order valence-corrected chi connectivity index (χ2v) is 14.9. The highest BCUT2D eigenvalue weighted by atomic mass is 35.5. The first-order valence-corrected chi connectivity index (χ1v) is 16.3. The Labute approximate surface area is 266 Å². The number of carbonyl (C=O) groups is 3. The van der Waals surface area contributed by atoms with Gasteiger partial charge in [0.2, 0.25) is 11.8 Å². The van der Waals surface area contributed by atoms with E-state index in [1.54, 1.807) is 19.1 Å². The van der Waals surface area contributed by atoms with Crippen LogP contribution in [0.15, 0.2) is 18.2 Å². The minimum absolute atomic E-state index is 0.0676. The van der Waals surface area contributed by atoms with Gasteiger partial charge in [-0.25, -0.2) is 14.8 Å². The summed E-state index contributed by atoms with van der Waals surface area (Å²) < 4.78 is 44.2. The summed E-state index contributed by atoms with van der Waals surface area (Å²) in [6.45, 7) is 8.55. The molecule has 0 radical (unpaired) electrons. The molecule has 2 aliphatic carbocycles. The number of Topliss-reactive ketones (excluding diaryl/α,β-unsaturated/α-hetero) is 1. The van der Waals surface area contributed by atoms with Crippen LogP contribution in [-0.4, -0.2) is 63.5 Å². The number of amides is 2. The molecule has 3 heterocycles. The lowest BCUT2D eigenvalue weighted by molar-refractivity contribution is -0.141. The third-order valence-electron chi connectivity index (χ3n) is 10.2. The predicted molar refractivity (Wildman–Crippen MR) is 163 cm³/mol. The van der Waals surface area contributed by atoms with Gasteiger partial charge in [-0.05, 0) is 74.0 Å². The van der Waals surface area contributed by atoms with E-state index >= 15 is 8.78 Å². The lowest BCUT2D eigenvalue weighted by Gasteiger charge is -2.35. The van der Waals surface area contributed by atoms with E-state index in [1.807, 2.05) is 20.8 Å². The molecule has 1 saturated heterocycles. The SMILES string of the molecule is CC(=O)[C@@H]1[C@H](C)[C@@H]2CN1C(=O)[C@H](C(C)(C)C)NC(=O)O[C@@H]1CC3CC3[C@H]1CCCCC(F)(F)c1nc3ccc(Cl)cc3nc1O2. The Hall–Kier alpha value is -3.08. The van der Waals surface area contributed by atoms with Crippen molar-refractivity contribution in [1.29, 1.82) is 0 Å². The van der Waals surface area contributed by atoms with Gasteiger partial charge in [-0.15, -0.1) is 0 Å². The van der Waals surface area contributed by atoms with Gasteiger partial charge < -0.3 is 19.7 Å². The number of alkyl carbamates (subject to hydrolysis) is 1. The summed E-state index contributed by atoms with van der Waals surface area (Å²) in [4.78, 5) is 50.6. The number of carbonyl (C=O) groups excluding carboxylic acids is 3. The van der Waals surface area contributed by atoms with Crippen LogP contribution in [0.2, 0.25) is 5.02 Å². The van der Waals surface area contributed by atoms with Crippen LogP contribution in [0.4, 0.5) is 13.6 Å². The van der Waals surface area contributed by atoms with Gasteiger partial charge in [0.05, 0.1) is 23.6 Å². The molecule has 3 fully saturated rings. The number of ketones is 1. The number of benzene rings is 1. The summed E-state index contributed by atoms with van der Waals surface area (Å²) in [5.74, 6) is -4.02. The highest BCUT2D eigenvalue weighted by Gasteiger charge is 2.55. The number of nitrogens with one attached hydrogen (secondary N) is 1. The summed E-state index contributed by atoms with van der Waals surface area (Å²) >= 11 is 6.18. The van der Waals surface area contributed by atoms with Crippen molar-refractivity contribution < 1.29 is 32.6 Å². The molecule has 4 aliphatic rings. The first kappa shape index (κ1) is 31.9. The molecule has 9 nitrogen and oxygen atoms in total. The molecule has 8 atom stereocenters. The highest BCUT2D eigenvalue weighted by molar-refractivity contribution is 6.31. The van der Waals surface area contributed by atoms with E-state index in [0.29, 0.717) is 35.2 Å². The van der Waals surface area contributed by atoms with E-state index in [1.165, 1.54) is 17.9 Å². The topological polar surface area (TPSA) is 111 Å². The van der Waals surface area contributed by atoms with Crippen LogP contribution < -0.4 is 10.1 Å². The van der Waals surface area contributed by atoms with E-state index in [0.717, 1.165) is 12.8 Å². The number of ether oxygens (including phenoxy) is 2. The zero-order valence-corrected chi connectivity index (χ0v) is 27.1. The molecule has 2 amide bonds. The van der Waals surface area contributed by atoms with Gasteiger partial charge in [0.15, 0.2) is 11.5 Å². The molecule has 2 unspecified atom stereocenters. The Morgan fingerprint density at radius 3 is 2.53 bits per heavy atom. The molecule has 1 aromatic carbocycles. The molecule has 244 valence electrons. The molecule has 2 aromatic rings. The van der Waals surface area contributed by atoms with Crippen LogP contribution in [0.3, 0.4) is 0 Å². The molecule has 1 aromatic heterocycles. The molecule has 2 aliphatic heterocycles. The Bertz CT molecular complexity index is 1520. The van der Waals surface area contributed by atoms with Crippen molar-refractivity contribution in [3.63, 3.8) is 0 Å².